The van der Waals surface area contributed by atoms with Crippen LogP contribution in [0.25, 0.3) is 0 Å². The quantitative estimate of drug-likeness (QED) is 0.830. The van der Waals surface area contributed by atoms with Crippen molar-refractivity contribution in [3.8, 4) is 0 Å². The van der Waals surface area contributed by atoms with Gasteiger partial charge in [-0.05, 0) is 50.8 Å². The maximum absolute atomic E-state index is 12.1. The topological polar surface area (TPSA) is 34.1 Å². The third kappa shape index (κ3) is 3.33. The molecule has 1 aliphatic carbocycles. The van der Waals surface area contributed by atoms with Gasteiger partial charge in [-0.1, -0.05) is 29.3 Å². The molecule has 0 spiro atoms. The Morgan fingerprint density at radius 1 is 1.11 bits per heavy atom. The van der Waals surface area contributed by atoms with Crippen molar-refractivity contribution in [2.24, 2.45) is 0 Å². The van der Waals surface area contributed by atoms with E-state index in [-0.39, 0.29) is 0 Å². The van der Waals surface area contributed by atoms with E-state index >= 15 is 0 Å². The molecule has 0 saturated heterocycles. The van der Waals surface area contributed by atoms with Crippen molar-refractivity contribution in [3.63, 3.8) is 0 Å². The van der Waals surface area contributed by atoms with E-state index < -0.39 is 9.84 Å². The monoisotopic (exact) mass is 262 g/mol. The van der Waals surface area contributed by atoms with Crippen LogP contribution in [0.5, 0.6) is 0 Å². The van der Waals surface area contributed by atoms with Crippen molar-refractivity contribution >= 4 is 9.84 Å². The van der Waals surface area contributed by atoms with Gasteiger partial charge in [0.2, 0.25) is 0 Å². The summed E-state index contributed by atoms with van der Waals surface area (Å²) in [6.07, 6.45) is 8.28. The van der Waals surface area contributed by atoms with Crippen LogP contribution in [0.1, 0.15) is 31.2 Å². The van der Waals surface area contributed by atoms with Crippen LogP contribution >= 0.6 is 0 Å². The van der Waals surface area contributed by atoms with Crippen molar-refractivity contribution in [1.29, 1.82) is 0 Å². The molecular weight excluding hydrogens is 244 g/mol. The molecule has 0 atom stereocenters. The molecule has 1 aromatic carbocycles. The van der Waals surface area contributed by atoms with Crippen LogP contribution in [0.15, 0.2) is 52.3 Å². The molecule has 1 aromatic rings. The molecule has 0 unspecified atom stereocenters. The molecule has 0 fully saturated rings. The van der Waals surface area contributed by atoms with Crippen LogP contribution in [0.2, 0.25) is 0 Å². The van der Waals surface area contributed by atoms with Crippen LogP contribution in [0, 0.1) is 6.92 Å². The lowest BCUT2D eigenvalue weighted by Crippen LogP contribution is -1.97. The molecule has 0 bridgehead atoms. The SMILES string of the molecule is Cc1ccc(S(=O)(=O)/C=C/C2=CCCCC2)cc1. The maximum atomic E-state index is 12.1. The number of sulfone groups is 1. The smallest absolute Gasteiger partial charge is 0.199 e. The van der Waals surface area contributed by atoms with Gasteiger partial charge in [0.25, 0.3) is 0 Å². The van der Waals surface area contributed by atoms with Gasteiger partial charge in [-0.15, -0.1) is 0 Å². The summed E-state index contributed by atoms with van der Waals surface area (Å²) in [6, 6.07) is 6.95. The zero-order chi connectivity index (χ0) is 13.0. The Morgan fingerprint density at radius 3 is 2.44 bits per heavy atom. The first-order valence-corrected chi connectivity index (χ1v) is 7.81. The lowest BCUT2D eigenvalue weighted by molar-refractivity contribution is 0.604. The fourth-order valence-corrected chi connectivity index (χ4v) is 3.02. The maximum Gasteiger partial charge on any atom is 0.199 e. The van der Waals surface area contributed by atoms with E-state index in [9.17, 15) is 8.42 Å². The summed E-state index contributed by atoms with van der Waals surface area (Å²) in [5.41, 5.74) is 2.20. The Bertz CT molecular complexity index is 563. The van der Waals surface area contributed by atoms with Crippen molar-refractivity contribution in [1.82, 2.24) is 0 Å². The fourth-order valence-electron chi connectivity index (χ4n) is 2.00. The summed E-state index contributed by atoms with van der Waals surface area (Å²) >= 11 is 0. The van der Waals surface area contributed by atoms with Crippen molar-refractivity contribution in [3.05, 3.63) is 53.0 Å². The minimum absolute atomic E-state index is 0.362. The minimum Gasteiger partial charge on any atom is -0.219 e. The summed E-state index contributed by atoms with van der Waals surface area (Å²) < 4.78 is 24.1. The first-order valence-electron chi connectivity index (χ1n) is 6.27. The van der Waals surface area contributed by atoms with Crippen LogP contribution in [0.3, 0.4) is 0 Å². The second kappa shape index (κ2) is 5.53. The summed E-state index contributed by atoms with van der Waals surface area (Å²) in [4.78, 5) is 0.362. The number of aryl methyl sites for hydroxylation is 1. The van der Waals surface area contributed by atoms with E-state index in [1.807, 2.05) is 19.1 Å². The lowest BCUT2D eigenvalue weighted by atomic mass is 10.0. The number of hydrogen-bond donors (Lipinski definition) is 0. The predicted octanol–water partition coefficient (Wildman–Crippen LogP) is 3.78. The van der Waals surface area contributed by atoms with E-state index in [0.717, 1.165) is 30.4 Å². The third-order valence-electron chi connectivity index (χ3n) is 3.14. The average Bonchev–Trinajstić information content (AvgIpc) is 2.38. The lowest BCUT2D eigenvalue weighted by Gasteiger charge is -2.08. The zero-order valence-electron chi connectivity index (χ0n) is 10.6. The molecule has 3 heteroatoms. The number of hydrogen-bond acceptors (Lipinski definition) is 2. The van der Waals surface area contributed by atoms with Gasteiger partial charge >= 0.3 is 0 Å². The Kier molecular flexibility index (Phi) is 4.02. The van der Waals surface area contributed by atoms with E-state index in [4.69, 9.17) is 0 Å². The Hall–Kier alpha value is -1.35. The van der Waals surface area contributed by atoms with E-state index in [1.54, 1.807) is 18.2 Å². The highest BCUT2D eigenvalue weighted by Gasteiger charge is 2.10. The molecule has 1 aliphatic rings. The van der Waals surface area contributed by atoms with Crippen LogP contribution in [-0.2, 0) is 9.84 Å². The molecule has 0 aromatic heterocycles. The van der Waals surface area contributed by atoms with Gasteiger partial charge in [-0.2, -0.15) is 0 Å². The average molecular weight is 262 g/mol. The first kappa shape index (κ1) is 13.1. The predicted molar refractivity (Wildman–Crippen MR) is 74.1 cm³/mol. The summed E-state index contributed by atoms with van der Waals surface area (Å²) in [6.45, 7) is 1.94. The molecule has 0 radical (unpaired) electrons. The summed E-state index contributed by atoms with van der Waals surface area (Å²) in [7, 11) is -3.30. The number of allylic oxidation sites excluding steroid dienone is 3. The van der Waals surface area contributed by atoms with Crippen molar-refractivity contribution in [2.75, 3.05) is 0 Å². The second-order valence-electron chi connectivity index (χ2n) is 4.69. The van der Waals surface area contributed by atoms with Crippen LogP contribution < -0.4 is 0 Å². The Morgan fingerprint density at radius 2 is 1.83 bits per heavy atom. The van der Waals surface area contributed by atoms with E-state index in [2.05, 4.69) is 6.08 Å². The second-order valence-corrected chi connectivity index (χ2v) is 6.52. The van der Waals surface area contributed by atoms with Gasteiger partial charge in [0.15, 0.2) is 9.84 Å². The van der Waals surface area contributed by atoms with Gasteiger partial charge in [-0.25, -0.2) is 8.42 Å². The van der Waals surface area contributed by atoms with Crippen LogP contribution in [0.4, 0.5) is 0 Å². The molecule has 2 nitrogen and oxygen atoms in total. The van der Waals surface area contributed by atoms with Gasteiger partial charge in [0.1, 0.15) is 0 Å². The van der Waals surface area contributed by atoms with Gasteiger partial charge < -0.3 is 0 Å². The standard InChI is InChI=1S/C15H18O2S/c1-13-7-9-15(10-8-13)18(16,17)12-11-14-5-3-2-4-6-14/h5,7-12H,2-4,6H2,1H3/b12-11+. The summed E-state index contributed by atoms with van der Waals surface area (Å²) in [5.74, 6) is 0. The van der Waals surface area contributed by atoms with E-state index in [1.165, 1.54) is 11.8 Å². The molecule has 0 N–H and O–H groups in total. The first-order chi connectivity index (χ1) is 8.58. The molecular formula is C15H18O2S. The highest BCUT2D eigenvalue weighted by molar-refractivity contribution is 7.94. The van der Waals surface area contributed by atoms with Crippen molar-refractivity contribution < 1.29 is 8.42 Å². The molecule has 2 rings (SSSR count). The number of benzene rings is 1. The Balaban J connectivity index is 2.19. The molecule has 0 saturated carbocycles. The Labute approximate surface area is 109 Å². The highest BCUT2D eigenvalue weighted by atomic mass is 32.2. The molecule has 0 amide bonds. The van der Waals surface area contributed by atoms with Gasteiger partial charge in [0.05, 0.1) is 4.90 Å². The third-order valence-corrected chi connectivity index (χ3v) is 4.56. The summed E-state index contributed by atoms with van der Waals surface area (Å²) in [5, 5.41) is 1.33. The largest absolute Gasteiger partial charge is 0.219 e. The zero-order valence-corrected chi connectivity index (χ0v) is 11.4. The number of rotatable bonds is 3. The fraction of sp³-hybridized carbons (Fsp3) is 0.333. The van der Waals surface area contributed by atoms with Gasteiger partial charge in [-0.3, -0.25) is 0 Å². The van der Waals surface area contributed by atoms with E-state index in [0.29, 0.717) is 4.90 Å². The normalized spacial score (nSPS) is 16.8. The van der Waals surface area contributed by atoms with Crippen molar-refractivity contribution in [2.45, 2.75) is 37.5 Å². The highest BCUT2D eigenvalue weighted by Crippen LogP contribution is 2.20. The molecule has 0 heterocycles. The van der Waals surface area contributed by atoms with Crippen LogP contribution in [-0.4, -0.2) is 8.42 Å². The van der Waals surface area contributed by atoms with Gasteiger partial charge in [0, 0.05) is 5.41 Å². The molecule has 0 aliphatic heterocycles. The molecule has 18 heavy (non-hydrogen) atoms. The minimum atomic E-state index is -3.30. The molecule has 96 valence electrons.